The maximum Gasteiger partial charge on any atom is 0.416 e. The molecule has 0 aliphatic rings. The van der Waals surface area contributed by atoms with Gasteiger partial charge in [0.2, 0.25) is 5.91 Å². The van der Waals surface area contributed by atoms with Crippen LogP contribution in [0.3, 0.4) is 0 Å². The fourth-order valence-corrected chi connectivity index (χ4v) is 3.81. The van der Waals surface area contributed by atoms with Crippen LogP contribution in [0.4, 0.5) is 26.3 Å². The highest BCUT2D eigenvalue weighted by atomic mass is 19.4. The van der Waals surface area contributed by atoms with Crippen molar-refractivity contribution in [3.8, 4) is 0 Å². The summed E-state index contributed by atoms with van der Waals surface area (Å²) in [7, 11) is 0. The van der Waals surface area contributed by atoms with Crippen LogP contribution < -0.4 is 0 Å². The molecule has 0 N–H and O–H groups in total. The number of furan rings is 1. The summed E-state index contributed by atoms with van der Waals surface area (Å²) >= 11 is 0. The zero-order valence-corrected chi connectivity index (χ0v) is 20.6. The molecule has 1 aromatic heterocycles. The molecule has 5 nitrogen and oxygen atoms in total. The van der Waals surface area contributed by atoms with Crippen molar-refractivity contribution in [3.63, 3.8) is 0 Å². The van der Waals surface area contributed by atoms with Gasteiger partial charge in [0.15, 0.2) is 0 Å². The molecule has 0 radical (unpaired) electrons. The van der Waals surface area contributed by atoms with Crippen LogP contribution in [0.15, 0.2) is 71.3 Å². The Kier molecular flexibility index (Phi) is 8.90. The fraction of sp³-hybridized carbons (Fsp3) is 0.333. The van der Waals surface area contributed by atoms with Crippen molar-refractivity contribution in [1.82, 2.24) is 9.80 Å². The third kappa shape index (κ3) is 7.87. The predicted molar refractivity (Wildman–Crippen MR) is 127 cm³/mol. The molecule has 0 saturated heterocycles. The van der Waals surface area contributed by atoms with Gasteiger partial charge in [0, 0.05) is 18.7 Å². The maximum atomic E-state index is 13.4. The van der Waals surface area contributed by atoms with Crippen LogP contribution >= 0.6 is 0 Å². The third-order valence-electron chi connectivity index (χ3n) is 5.53. The summed E-state index contributed by atoms with van der Waals surface area (Å²) < 4.78 is 85.5. The highest BCUT2D eigenvalue weighted by molar-refractivity contribution is 5.97. The molecule has 3 aromatic rings. The highest BCUT2D eigenvalue weighted by Gasteiger charge is 2.38. The second-order valence-corrected chi connectivity index (χ2v) is 9.19. The van der Waals surface area contributed by atoms with Crippen molar-refractivity contribution in [2.45, 2.75) is 39.3 Å². The average Bonchev–Trinajstić information content (AvgIpc) is 3.35. The number of hydrogen-bond donors (Lipinski definition) is 0. The molecule has 11 heteroatoms. The molecular weight excluding hydrogens is 514 g/mol. The number of amides is 2. The topological polar surface area (TPSA) is 53.8 Å². The molecular formula is C27H26F6N2O3. The number of benzene rings is 2. The largest absolute Gasteiger partial charge is 0.467 e. The fourth-order valence-electron chi connectivity index (χ4n) is 3.81. The van der Waals surface area contributed by atoms with Gasteiger partial charge in [-0.25, -0.2) is 0 Å². The lowest BCUT2D eigenvalue weighted by molar-refractivity contribution is -0.143. The zero-order valence-electron chi connectivity index (χ0n) is 20.6. The number of rotatable bonds is 9. The molecule has 1 heterocycles. The standard InChI is InChI=1S/C27H26F6N2O3/c1-18(2)14-35(25(37)20-11-21(26(28,29)30)13-22(12-20)27(31,32)33)17-24(36)34(16-23-9-6-10-38-23)15-19-7-4-3-5-8-19/h3-13,18H,14-17H2,1-2H3. The van der Waals surface area contributed by atoms with E-state index in [-0.39, 0.29) is 31.6 Å². The van der Waals surface area contributed by atoms with Crippen LogP contribution in [-0.2, 0) is 30.2 Å². The summed E-state index contributed by atoms with van der Waals surface area (Å²) in [5, 5.41) is 0. The first-order valence-electron chi connectivity index (χ1n) is 11.7. The van der Waals surface area contributed by atoms with E-state index in [4.69, 9.17) is 4.42 Å². The number of halogens is 6. The predicted octanol–water partition coefficient (Wildman–Crippen LogP) is 6.64. The Morgan fingerprint density at radius 3 is 1.92 bits per heavy atom. The van der Waals surface area contributed by atoms with Gasteiger partial charge in [0.05, 0.1) is 23.9 Å². The molecule has 0 unspecified atom stereocenters. The Labute approximate surface area is 215 Å². The first kappa shape index (κ1) is 28.8. The molecule has 0 fully saturated rings. The minimum atomic E-state index is -5.11. The smallest absolute Gasteiger partial charge is 0.416 e. The van der Waals surface area contributed by atoms with Gasteiger partial charge in [-0.2, -0.15) is 26.3 Å². The van der Waals surface area contributed by atoms with Gasteiger partial charge in [0.1, 0.15) is 12.3 Å². The lowest BCUT2D eigenvalue weighted by atomic mass is 10.0. The highest BCUT2D eigenvalue weighted by Crippen LogP contribution is 2.36. The van der Waals surface area contributed by atoms with E-state index in [0.717, 1.165) is 10.5 Å². The van der Waals surface area contributed by atoms with Gasteiger partial charge in [-0.15, -0.1) is 0 Å². The van der Waals surface area contributed by atoms with Crippen LogP contribution in [0.1, 0.15) is 46.7 Å². The Hall–Kier alpha value is -3.76. The first-order valence-corrected chi connectivity index (χ1v) is 11.7. The number of hydrogen-bond acceptors (Lipinski definition) is 3. The Balaban J connectivity index is 1.93. The summed E-state index contributed by atoms with van der Waals surface area (Å²) in [6, 6.07) is 13.0. The number of alkyl halides is 6. The van der Waals surface area contributed by atoms with E-state index >= 15 is 0 Å². The molecule has 0 aliphatic carbocycles. The Morgan fingerprint density at radius 2 is 1.42 bits per heavy atom. The van der Waals surface area contributed by atoms with Gasteiger partial charge >= 0.3 is 12.4 Å². The minimum absolute atomic E-state index is 0.0420. The second kappa shape index (κ2) is 11.7. The van der Waals surface area contributed by atoms with Crippen LogP contribution in [0.2, 0.25) is 0 Å². The van der Waals surface area contributed by atoms with Crippen LogP contribution in [0, 0.1) is 5.92 Å². The average molecular weight is 541 g/mol. The molecule has 2 aromatic carbocycles. The lowest BCUT2D eigenvalue weighted by Crippen LogP contribution is -2.44. The monoisotopic (exact) mass is 540 g/mol. The SMILES string of the molecule is CC(C)CN(CC(=O)N(Cc1ccccc1)Cc1ccco1)C(=O)c1cc(C(F)(F)F)cc(C(F)(F)F)c1. The summed E-state index contributed by atoms with van der Waals surface area (Å²) in [5.74, 6) is -1.43. The molecule has 0 saturated carbocycles. The van der Waals surface area contributed by atoms with Gasteiger partial charge in [0.25, 0.3) is 5.91 Å². The summed E-state index contributed by atoms with van der Waals surface area (Å²) in [6.07, 6.45) is -8.78. The van der Waals surface area contributed by atoms with Crippen molar-refractivity contribution < 1.29 is 40.3 Å². The summed E-state index contributed by atoms with van der Waals surface area (Å²) in [5.41, 5.74) is -3.23. The Morgan fingerprint density at radius 1 is 0.816 bits per heavy atom. The molecule has 38 heavy (non-hydrogen) atoms. The second-order valence-electron chi connectivity index (χ2n) is 9.19. The van der Waals surface area contributed by atoms with E-state index in [2.05, 4.69) is 0 Å². The van der Waals surface area contributed by atoms with Crippen LogP contribution in [0.5, 0.6) is 0 Å². The quantitative estimate of drug-likeness (QED) is 0.286. The van der Waals surface area contributed by atoms with E-state index in [1.54, 1.807) is 56.3 Å². The normalized spacial score (nSPS) is 12.0. The molecule has 3 rings (SSSR count). The van der Waals surface area contributed by atoms with Crippen LogP contribution in [0.25, 0.3) is 0 Å². The van der Waals surface area contributed by atoms with Crippen molar-refractivity contribution >= 4 is 11.8 Å². The Bertz CT molecular complexity index is 1190. The molecule has 204 valence electrons. The molecule has 0 atom stereocenters. The van der Waals surface area contributed by atoms with Crippen molar-refractivity contribution in [2.24, 2.45) is 5.92 Å². The molecule has 2 amide bonds. The minimum Gasteiger partial charge on any atom is -0.467 e. The first-order chi connectivity index (χ1) is 17.7. The van der Waals surface area contributed by atoms with E-state index in [1.165, 1.54) is 11.2 Å². The maximum absolute atomic E-state index is 13.4. The van der Waals surface area contributed by atoms with Crippen LogP contribution in [-0.4, -0.2) is 34.7 Å². The summed E-state index contributed by atoms with van der Waals surface area (Å²) in [4.78, 5) is 29.0. The number of nitrogens with zero attached hydrogens (tertiary/aromatic N) is 2. The van der Waals surface area contributed by atoms with Gasteiger partial charge < -0.3 is 14.2 Å². The van der Waals surface area contributed by atoms with Crippen molar-refractivity contribution in [2.75, 3.05) is 13.1 Å². The van der Waals surface area contributed by atoms with E-state index in [9.17, 15) is 35.9 Å². The molecule has 0 spiro atoms. The van der Waals surface area contributed by atoms with Crippen molar-refractivity contribution in [1.29, 1.82) is 0 Å². The van der Waals surface area contributed by atoms with Crippen molar-refractivity contribution in [3.05, 3.63) is 94.9 Å². The van der Waals surface area contributed by atoms with Gasteiger partial charge in [-0.1, -0.05) is 44.2 Å². The van der Waals surface area contributed by atoms with E-state index < -0.39 is 47.4 Å². The van der Waals surface area contributed by atoms with E-state index in [1.807, 2.05) is 0 Å². The lowest BCUT2D eigenvalue weighted by Gasteiger charge is -2.29. The van der Waals surface area contributed by atoms with Gasteiger partial charge in [-0.05, 0) is 41.8 Å². The third-order valence-corrected chi connectivity index (χ3v) is 5.53. The molecule has 0 aliphatic heterocycles. The van der Waals surface area contributed by atoms with E-state index in [0.29, 0.717) is 17.9 Å². The van der Waals surface area contributed by atoms with Gasteiger partial charge in [-0.3, -0.25) is 9.59 Å². The zero-order chi connectivity index (χ0) is 28.1. The summed E-state index contributed by atoms with van der Waals surface area (Å²) in [6.45, 7) is 2.99. The molecule has 0 bridgehead atoms. The number of carbonyl (C=O) groups is 2. The number of carbonyl (C=O) groups excluding carboxylic acids is 2.